The number of aromatic nitrogens is 1. The summed E-state index contributed by atoms with van der Waals surface area (Å²) < 4.78 is 1.33. The van der Waals surface area contributed by atoms with Gasteiger partial charge in [0.15, 0.2) is 0 Å². The molecule has 0 bridgehead atoms. The maximum absolute atomic E-state index is 12.9. The summed E-state index contributed by atoms with van der Waals surface area (Å²) in [5.41, 5.74) is 0.860. The first-order chi connectivity index (χ1) is 16.4. The predicted octanol–water partition coefficient (Wildman–Crippen LogP) is 2.69. The molecule has 2 aromatic heterocycles. The number of aliphatic carboxylic acids is 1. The molecule has 0 spiro atoms. The lowest BCUT2D eigenvalue weighted by Crippen LogP contribution is -2.70. The molecule has 2 aliphatic heterocycles. The number of carbonyl (C=O) groups is 3. The van der Waals surface area contributed by atoms with Gasteiger partial charge in [-0.25, -0.2) is 4.79 Å². The monoisotopic (exact) mass is 511 g/mol. The molecule has 4 heterocycles. The lowest BCUT2D eigenvalue weighted by Gasteiger charge is -2.49. The molecule has 0 radical (unpaired) electrons. The molecule has 1 unspecified atom stereocenters. The molecule has 2 amide bonds. The van der Waals surface area contributed by atoms with Crippen LogP contribution >= 0.6 is 34.9 Å². The third kappa shape index (κ3) is 4.22. The number of fused-ring (bicyclic) bond motifs is 2. The van der Waals surface area contributed by atoms with Crippen LogP contribution in [0.5, 0.6) is 0 Å². The lowest BCUT2D eigenvalue weighted by molar-refractivity contribution is -0.150. The van der Waals surface area contributed by atoms with E-state index in [1.54, 1.807) is 18.3 Å². The Morgan fingerprint density at radius 1 is 1.18 bits per heavy atom. The Morgan fingerprint density at radius 3 is 2.74 bits per heavy atom. The molecule has 1 fully saturated rings. The van der Waals surface area contributed by atoms with E-state index in [9.17, 15) is 24.3 Å². The molecule has 172 valence electrons. The van der Waals surface area contributed by atoms with Crippen LogP contribution in [0.3, 0.4) is 0 Å². The number of carboxylic acids is 1. The summed E-state index contributed by atoms with van der Waals surface area (Å²) in [7, 11) is 0. The van der Waals surface area contributed by atoms with Crippen molar-refractivity contribution in [2.24, 2.45) is 0 Å². The summed E-state index contributed by atoms with van der Waals surface area (Å²) in [6.45, 7) is 0. The zero-order chi connectivity index (χ0) is 23.8. The van der Waals surface area contributed by atoms with Crippen molar-refractivity contribution in [3.05, 3.63) is 81.1 Å². The van der Waals surface area contributed by atoms with Crippen molar-refractivity contribution < 1.29 is 19.5 Å². The molecule has 34 heavy (non-hydrogen) atoms. The number of amides is 2. The average molecular weight is 512 g/mol. The maximum Gasteiger partial charge on any atom is 0.353 e. The number of nitrogens with one attached hydrogen (secondary N) is 1. The lowest BCUT2D eigenvalue weighted by atomic mass is 10.0. The maximum atomic E-state index is 12.9. The fourth-order valence-corrected chi connectivity index (χ4v) is 7.66. The Bertz CT molecular complexity index is 1410. The van der Waals surface area contributed by atoms with Crippen molar-refractivity contribution in [3.63, 3.8) is 0 Å². The number of hydrogen-bond acceptors (Lipinski definition) is 8. The van der Waals surface area contributed by atoms with Crippen molar-refractivity contribution in [1.29, 1.82) is 0 Å². The van der Waals surface area contributed by atoms with Gasteiger partial charge >= 0.3 is 5.97 Å². The summed E-state index contributed by atoms with van der Waals surface area (Å²) >= 11 is 3.91. The first kappa shape index (κ1) is 22.6. The second-order valence-corrected chi connectivity index (χ2v) is 11.2. The van der Waals surface area contributed by atoms with E-state index in [1.165, 1.54) is 45.8 Å². The molecule has 0 aliphatic carbocycles. The van der Waals surface area contributed by atoms with E-state index in [0.29, 0.717) is 25.1 Å². The fraction of sp³-hybridized carbons (Fsp3) is 0.174. The standard InChI is InChI=1S/C23H17N3O5S3/c27-13-10-17(33-14-7-4-8-24-18(13)14)34-15-11-32-22-19(21(29)26(22)20(15)23(30)31)25-16(28)9-12-5-2-1-3-6-12/h1-8,10,19,22H,9,11H2,(H,25,28)(H,30,31)/t19?,22-/m0/s1. The van der Waals surface area contributed by atoms with Crippen LogP contribution in [-0.2, 0) is 20.8 Å². The third-order valence-electron chi connectivity index (χ3n) is 5.35. The molecule has 5 rings (SSSR count). The zero-order valence-corrected chi connectivity index (χ0v) is 19.9. The minimum absolute atomic E-state index is 0.0989. The van der Waals surface area contributed by atoms with Gasteiger partial charge in [0.2, 0.25) is 11.3 Å². The predicted molar refractivity (Wildman–Crippen MR) is 132 cm³/mol. The highest BCUT2D eigenvalue weighted by molar-refractivity contribution is 8.07. The Morgan fingerprint density at radius 2 is 1.97 bits per heavy atom. The average Bonchev–Trinajstić information content (AvgIpc) is 2.83. The summed E-state index contributed by atoms with van der Waals surface area (Å²) in [5, 5.41) is 12.1. The molecular formula is C23H17N3O5S3. The van der Waals surface area contributed by atoms with Gasteiger partial charge in [0.1, 0.15) is 22.6 Å². The van der Waals surface area contributed by atoms with E-state index in [1.807, 2.05) is 30.3 Å². The minimum atomic E-state index is -1.22. The Balaban J connectivity index is 1.35. The molecule has 8 nitrogen and oxygen atoms in total. The number of rotatable bonds is 6. The molecule has 1 saturated heterocycles. The number of carboxylic acid groups (broad SMARTS) is 1. The number of benzene rings is 1. The first-order valence-electron chi connectivity index (χ1n) is 10.2. The van der Waals surface area contributed by atoms with E-state index in [2.05, 4.69) is 10.3 Å². The van der Waals surface area contributed by atoms with Crippen molar-refractivity contribution in [3.8, 4) is 0 Å². The summed E-state index contributed by atoms with van der Waals surface area (Å²) in [4.78, 5) is 55.6. The van der Waals surface area contributed by atoms with Gasteiger partial charge in [-0.15, -0.1) is 23.1 Å². The largest absolute Gasteiger partial charge is 0.477 e. The van der Waals surface area contributed by atoms with Crippen LogP contribution in [0.25, 0.3) is 10.2 Å². The fourth-order valence-electron chi connectivity index (χ4n) is 3.82. The van der Waals surface area contributed by atoms with E-state index >= 15 is 0 Å². The number of carbonyl (C=O) groups excluding carboxylic acids is 2. The summed E-state index contributed by atoms with van der Waals surface area (Å²) in [6, 6.07) is 13.4. The van der Waals surface area contributed by atoms with Gasteiger partial charge in [-0.2, -0.15) is 0 Å². The molecule has 1 aromatic carbocycles. The molecule has 2 N–H and O–H groups in total. The molecule has 2 aliphatic rings. The number of nitrogens with zero attached hydrogens (tertiary/aromatic N) is 2. The van der Waals surface area contributed by atoms with E-state index in [-0.39, 0.29) is 23.5 Å². The number of hydrogen-bond donors (Lipinski definition) is 2. The van der Waals surface area contributed by atoms with Crippen LogP contribution in [0, 0.1) is 0 Å². The highest BCUT2D eigenvalue weighted by atomic mass is 32.2. The Labute approximate surface area is 206 Å². The zero-order valence-electron chi connectivity index (χ0n) is 17.5. The van der Waals surface area contributed by atoms with Crippen LogP contribution < -0.4 is 10.7 Å². The number of β-lactam (4-membered cyclic amide) rings is 1. The van der Waals surface area contributed by atoms with Crippen LogP contribution in [0.15, 0.2) is 74.3 Å². The topological polar surface area (TPSA) is 117 Å². The Kier molecular flexibility index (Phi) is 6.15. The van der Waals surface area contributed by atoms with Crippen LogP contribution in [0.1, 0.15) is 5.56 Å². The van der Waals surface area contributed by atoms with Gasteiger partial charge in [0, 0.05) is 22.9 Å². The van der Waals surface area contributed by atoms with Crippen LogP contribution in [0.2, 0.25) is 0 Å². The van der Waals surface area contributed by atoms with Gasteiger partial charge in [-0.1, -0.05) is 42.1 Å². The van der Waals surface area contributed by atoms with Crippen LogP contribution in [0.4, 0.5) is 0 Å². The van der Waals surface area contributed by atoms with Crippen molar-refractivity contribution in [2.75, 3.05) is 5.75 Å². The SMILES string of the molecule is O=C(Cc1ccccc1)NC1C(=O)N2C(C(=O)O)=C(Sc3cc(=O)c4ncccc4s3)CS[C@@H]12. The second-order valence-electron chi connectivity index (χ2n) is 7.58. The minimum Gasteiger partial charge on any atom is -0.477 e. The van der Waals surface area contributed by atoms with E-state index < -0.39 is 23.3 Å². The van der Waals surface area contributed by atoms with Gasteiger partial charge in [0.25, 0.3) is 5.91 Å². The highest BCUT2D eigenvalue weighted by Crippen LogP contribution is 2.46. The quantitative estimate of drug-likeness (QED) is 0.485. The van der Waals surface area contributed by atoms with Gasteiger partial charge in [-0.3, -0.25) is 24.3 Å². The number of thioether (sulfide) groups is 2. The number of pyridine rings is 1. The molecular weight excluding hydrogens is 494 g/mol. The normalized spacial score (nSPS) is 19.5. The van der Waals surface area contributed by atoms with E-state index in [4.69, 9.17) is 0 Å². The summed E-state index contributed by atoms with van der Waals surface area (Å²) in [6.07, 6.45) is 1.69. The van der Waals surface area contributed by atoms with Crippen molar-refractivity contribution >= 4 is 62.9 Å². The van der Waals surface area contributed by atoms with Crippen molar-refractivity contribution in [2.45, 2.75) is 22.0 Å². The van der Waals surface area contributed by atoms with Gasteiger partial charge in [0.05, 0.1) is 15.3 Å². The smallest absolute Gasteiger partial charge is 0.353 e. The third-order valence-corrected chi connectivity index (χ3v) is 9.08. The highest BCUT2D eigenvalue weighted by Gasteiger charge is 2.54. The summed E-state index contributed by atoms with van der Waals surface area (Å²) in [5.74, 6) is -1.62. The van der Waals surface area contributed by atoms with Gasteiger partial charge < -0.3 is 10.4 Å². The van der Waals surface area contributed by atoms with Crippen LogP contribution in [-0.4, -0.2) is 49.9 Å². The Hall–Kier alpha value is -3.15. The van der Waals surface area contributed by atoms with Crippen molar-refractivity contribution in [1.82, 2.24) is 15.2 Å². The molecule has 3 aromatic rings. The molecule has 0 saturated carbocycles. The molecule has 2 atom stereocenters. The second kappa shape index (κ2) is 9.24. The first-order valence-corrected chi connectivity index (χ1v) is 12.9. The van der Waals surface area contributed by atoms with Gasteiger partial charge in [-0.05, 0) is 17.7 Å². The molecule has 11 heteroatoms. The van der Waals surface area contributed by atoms with E-state index in [0.717, 1.165) is 5.56 Å².